The van der Waals surface area contributed by atoms with Gasteiger partial charge in [0.1, 0.15) is 12.4 Å². The van der Waals surface area contributed by atoms with E-state index in [4.69, 9.17) is 9.47 Å². The normalized spacial score (nSPS) is 22.1. The first-order chi connectivity index (χ1) is 11.2. The Labute approximate surface area is 136 Å². The summed E-state index contributed by atoms with van der Waals surface area (Å²) >= 11 is 0. The molecule has 126 valence electrons. The Hall–Kier alpha value is -1.46. The Morgan fingerprint density at radius 2 is 2.17 bits per heavy atom. The monoisotopic (exact) mass is 321 g/mol. The molecule has 5 heteroatoms. The maximum Gasteiger partial charge on any atom is 0.249 e. The molecule has 0 aromatic heterocycles. The summed E-state index contributed by atoms with van der Waals surface area (Å²) in [5.41, 5.74) is 0.562. The second-order valence-corrected chi connectivity index (χ2v) is 6.38. The van der Waals surface area contributed by atoms with Gasteiger partial charge in [-0.05, 0) is 38.7 Å². The predicted molar refractivity (Wildman–Crippen MR) is 84.5 cm³/mol. The van der Waals surface area contributed by atoms with Crippen molar-refractivity contribution in [2.75, 3.05) is 19.8 Å². The van der Waals surface area contributed by atoms with Crippen molar-refractivity contribution >= 4 is 5.91 Å². The highest BCUT2D eigenvalue weighted by Crippen LogP contribution is 2.35. The summed E-state index contributed by atoms with van der Waals surface area (Å²) in [6.07, 6.45) is 4.13. The molecule has 1 saturated carbocycles. The highest BCUT2D eigenvalue weighted by Gasteiger charge is 2.36. The van der Waals surface area contributed by atoms with Crippen LogP contribution in [-0.2, 0) is 14.3 Å². The maximum absolute atomic E-state index is 14.0. The number of nitrogens with zero attached hydrogens (tertiary/aromatic N) is 1. The second kappa shape index (κ2) is 7.41. The SMILES string of the molecule is C[C@H](c1ccccc1F)N(C(=O)COC[C@@H]1CCCO1)C1CC1. The van der Waals surface area contributed by atoms with Crippen LogP contribution in [0.2, 0.25) is 0 Å². The number of hydrogen-bond donors (Lipinski definition) is 0. The molecule has 1 heterocycles. The van der Waals surface area contributed by atoms with E-state index in [0.29, 0.717) is 12.2 Å². The highest BCUT2D eigenvalue weighted by molar-refractivity contribution is 5.78. The Balaban J connectivity index is 1.59. The van der Waals surface area contributed by atoms with Crippen molar-refractivity contribution in [2.45, 2.75) is 50.8 Å². The summed E-state index contributed by atoms with van der Waals surface area (Å²) in [6.45, 7) is 3.16. The van der Waals surface area contributed by atoms with E-state index in [-0.39, 0.29) is 36.5 Å². The van der Waals surface area contributed by atoms with Gasteiger partial charge in [-0.3, -0.25) is 4.79 Å². The average molecular weight is 321 g/mol. The van der Waals surface area contributed by atoms with Gasteiger partial charge >= 0.3 is 0 Å². The van der Waals surface area contributed by atoms with Gasteiger partial charge in [-0.25, -0.2) is 4.39 Å². The minimum atomic E-state index is -0.275. The lowest BCUT2D eigenvalue weighted by Gasteiger charge is -2.30. The number of halogens is 1. The molecule has 1 amide bonds. The molecule has 0 radical (unpaired) electrons. The molecule has 1 aromatic carbocycles. The third-order valence-corrected chi connectivity index (χ3v) is 4.55. The fourth-order valence-electron chi connectivity index (χ4n) is 3.18. The number of rotatable bonds is 7. The van der Waals surface area contributed by atoms with E-state index in [1.165, 1.54) is 6.07 Å². The highest BCUT2D eigenvalue weighted by atomic mass is 19.1. The van der Waals surface area contributed by atoms with Gasteiger partial charge < -0.3 is 14.4 Å². The summed E-state index contributed by atoms with van der Waals surface area (Å²) in [5, 5.41) is 0. The van der Waals surface area contributed by atoms with Crippen molar-refractivity contribution in [3.8, 4) is 0 Å². The number of carbonyl (C=O) groups excluding carboxylic acids is 1. The molecule has 23 heavy (non-hydrogen) atoms. The van der Waals surface area contributed by atoms with Crippen LogP contribution in [-0.4, -0.2) is 42.8 Å². The van der Waals surface area contributed by atoms with Crippen LogP contribution in [0.4, 0.5) is 4.39 Å². The minimum absolute atomic E-state index is 0.0369. The van der Waals surface area contributed by atoms with E-state index in [1.54, 1.807) is 23.1 Å². The molecule has 0 spiro atoms. The molecular formula is C18H24FNO3. The Morgan fingerprint density at radius 3 is 2.83 bits per heavy atom. The van der Waals surface area contributed by atoms with Crippen LogP contribution >= 0.6 is 0 Å². The molecule has 1 aromatic rings. The van der Waals surface area contributed by atoms with Crippen molar-refractivity contribution in [2.24, 2.45) is 0 Å². The maximum atomic E-state index is 14.0. The molecule has 1 saturated heterocycles. The Bertz CT molecular complexity index is 541. The zero-order valence-electron chi connectivity index (χ0n) is 13.5. The summed E-state index contributed by atoms with van der Waals surface area (Å²) in [6, 6.07) is 6.59. The van der Waals surface area contributed by atoms with Crippen molar-refractivity contribution in [3.63, 3.8) is 0 Å². The topological polar surface area (TPSA) is 38.8 Å². The van der Waals surface area contributed by atoms with Crippen LogP contribution < -0.4 is 0 Å². The predicted octanol–water partition coefficient (Wildman–Crippen LogP) is 3.07. The number of benzene rings is 1. The number of hydrogen-bond acceptors (Lipinski definition) is 3. The van der Waals surface area contributed by atoms with Crippen LogP contribution in [0.5, 0.6) is 0 Å². The van der Waals surface area contributed by atoms with Crippen LogP contribution in [0.3, 0.4) is 0 Å². The largest absolute Gasteiger partial charge is 0.376 e. The summed E-state index contributed by atoms with van der Waals surface area (Å²) < 4.78 is 25.1. The second-order valence-electron chi connectivity index (χ2n) is 6.38. The smallest absolute Gasteiger partial charge is 0.249 e. The van der Waals surface area contributed by atoms with Gasteiger partial charge in [0, 0.05) is 18.2 Å². The Morgan fingerprint density at radius 1 is 1.39 bits per heavy atom. The number of amides is 1. The first-order valence-electron chi connectivity index (χ1n) is 8.41. The Kier molecular flexibility index (Phi) is 5.28. The zero-order valence-corrected chi connectivity index (χ0v) is 13.5. The molecule has 4 nitrogen and oxygen atoms in total. The van der Waals surface area contributed by atoms with E-state index in [9.17, 15) is 9.18 Å². The minimum Gasteiger partial charge on any atom is -0.376 e. The molecule has 1 aliphatic heterocycles. The third-order valence-electron chi connectivity index (χ3n) is 4.55. The average Bonchev–Trinajstić information content (AvgIpc) is 3.22. The third kappa shape index (κ3) is 4.09. The zero-order chi connectivity index (χ0) is 16.2. The van der Waals surface area contributed by atoms with Gasteiger partial charge in [-0.1, -0.05) is 18.2 Å². The molecule has 3 rings (SSSR count). The molecule has 2 aliphatic rings. The quantitative estimate of drug-likeness (QED) is 0.775. The van der Waals surface area contributed by atoms with Gasteiger partial charge in [-0.15, -0.1) is 0 Å². The van der Waals surface area contributed by atoms with Gasteiger partial charge in [0.2, 0.25) is 5.91 Å². The van der Waals surface area contributed by atoms with Gasteiger partial charge in [0.15, 0.2) is 0 Å². The summed E-state index contributed by atoms with van der Waals surface area (Å²) in [4.78, 5) is 14.3. The fraction of sp³-hybridized carbons (Fsp3) is 0.611. The van der Waals surface area contributed by atoms with Crippen LogP contribution in [0.1, 0.15) is 44.2 Å². The first-order valence-corrected chi connectivity index (χ1v) is 8.41. The summed E-state index contributed by atoms with van der Waals surface area (Å²) in [7, 11) is 0. The molecule has 0 N–H and O–H groups in total. The van der Waals surface area contributed by atoms with E-state index < -0.39 is 0 Å². The van der Waals surface area contributed by atoms with Crippen molar-refractivity contribution in [1.29, 1.82) is 0 Å². The van der Waals surface area contributed by atoms with Crippen LogP contribution in [0.25, 0.3) is 0 Å². The van der Waals surface area contributed by atoms with E-state index in [2.05, 4.69) is 0 Å². The molecule has 0 unspecified atom stereocenters. The lowest BCUT2D eigenvalue weighted by Crippen LogP contribution is -2.38. The number of ether oxygens (including phenoxy) is 2. The van der Waals surface area contributed by atoms with Gasteiger partial charge in [0.25, 0.3) is 0 Å². The van der Waals surface area contributed by atoms with Crippen LogP contribution in [0.15, 0.2) is 24.3 Å². The lowest BCUT2D eigenvalue weighted by atomic mass is 10.1. The van der Waals surface area contributed by atoms with Crippen molar-refractivity contribution < 1.29 is 18.7 Å². The van der Waals surface area contributed by atoms with Crippen molar-refractivity contribution in [1.82, 2.24) is 4.90 Å². The van der Waals surface area contributed by atoms with Gasteiger partial charge in [0.05, 0.1) is 18.8 Å². The molecule has 1 aliphatic carbocycles. The number of carbonyl (C=O) groups is 1. The fourth-order valence-corrected chi connectivity index (χ4v) is 3.18. The first kappa shape index (κ1) is 16.4. The van der Waals surface area contributed by atoms with Gasteiger partial charge in [-0.2, -0.15) is 0 Å². The van der Waals surface area contributed by atoms with E-state index >= 15 is 0 Å². The standard InChI is InChI=1S/C18H24FNO3/c1-13(16-6-2-3-7-17(16)19)20(14-8-9-14)18(21)12-22-11-15-5-4-10-23-15/h2-3,6-7,13-15H,4-5,8-12H2,1H3/t13-,15+/m1/s1. The molecule has 2 atom stereocenters. The molecule has 2 fully saturated rings. The molecule has 0 bridgehead atoms. The lowest BCUT2D eigenvalue weighted by molar-refractivity contribution is -0.140. The molecular weight excluding hydrogens is 297 g/mol. The van der Waals surface area contributed by atoms with E-state index in [0.717, 1.165) is 32.3 Å². The van der Waals surface area contributed by atoms with Crippen LogP contribution in [0, 0.1) is 5.82 Å². The van der Waals surface area contributed by atoms with E-state index in [1.807, 2.05) is 6.92 Å². The van der Waals surface area contributed by atoms with Crippen molar-refractivity contribution in [3.05, 3.63) is 35.6 Å². The summed E-state index contributed by atoms with van der Waals surface area (Å²) in [5.74, 6) is -0.333.